The average molecular weight is 455 g/mol. The number of aryl methyl sites for hydroxylation is 2. The first-order valence-corrected chi connectivity index (χ1v) is 11.0. The zero-order valence-corrected chi connectivity index (χ0v) is 19.5. The maximum atomic E-state index is 12.7. The summed E-state index contributed by atoms with van der Waals surface area (Å²) in [5.41, 5.74) is 4.80. The highest BCUT2D eigenvalue weighted by Crippen LogP contribution is 2.45. The van der Waals surface area contributed by atoms with E-state index >= 15 is 0 Å². The molecule has 0 radical (unpaired) electrons. The van der Waals surface area contributed by atoms with Crippen LogP contribution in [-0.2, 0) is 16.0 Å². The Labute approximate surface area is 192 Å². The number of fused-ring (bicyclic) bond motifs is 2. The highest BCUT2D eigenvalue weighted by atomic mass is 35.5. The van der Waals surface area contributed by atoms with Crippen LogP contribution in [-0.4, -0.2) is 41.4 Å². The van der Waals surface area contributed by atoms with Crippen LogP contribution in [0.3, 0.4) is 0 Å². The van der Waals surface area contributed by atoms with Gasteiger partial charge in [-0.3, -0.25) is 9.78 Å². The zero-order chi connectivity index (χ0) is 23.0. The van der Waals surface area contributed by atoms with E-state index < -0.39 is 11.6 Å². The van der Waals surface area contributed by atoms with E-state index in [1.807, 2.05) is 44.2 Å². The summed E-state index contributed by atoms with van der Waals surface area (Å²) in [7, 11) is 0. The predicted molar refractivity (Wildman–Crippen MR) is 127 cm³/mol. The predicted octanol–water partition coefficient (Wildman–Crippen LogP) is 4.83. The number of halogens is 1. The lowest BCUT2D eigenvalue weighted by Crippen LogP contribution is -2.28. The van der Waals surface area contributed by atoms with E-state index in [-0.39, 0.29) is 13.0 Å². The molecule has 0 spiro atoms. The first-order chi connectivity index (χ1) is 15.1. The van der Waals surface area contributed by atoms with E-state index in [0.29, 0.717) is 23.9 Å². The van der Waals surface area contributed by atoms with Crippen molar-refractivity contribution in [3.8, 4) is 16.9 Å². The Morgan fingerprint density at radius 1 is 1.28 bits per heavy atom. The van der Waals surface area contributed by atoms with Gasteiger partial charge in [0.1, 0.15) is 19.0 Å². The number of ether oxygens (including phenoxy) is 2. The van der Waals surface area contributed by atoms with Crippen molar-refractivity contribution in [2.75, 3.05) is 25.1 Å². The van der Waals surface area contributed by atoms with Crippen molar-refractivity contribution in [1.82, 2.24) is 4.98 Å². The normalized spacial score (nSPS) is 13.3. The second kappa shape index (κ2) is 8.60. The molecule has 32 heavy (non-hydrogen) atoms. The fraction of sp³-hybridized carbons (Fsp3) is 0.360. The minimum Gasteiger partial charge on any atom is -0.490 e. The number of hydrogen-bond acceptors (Lipinski definition) is 6. The summed E-state index contributed by atoms with van der Waals surface area (Å²) in [5.74, 6) is 0.300. The standard InChI is InChI=1S/C25H27ClN2O4/c1-14-11-19-16(6-5-15(2)28-19)22(18(14)12-21(29)32-13-25(3,4)30)17-7-8-20-24(23(17)26)27-9-10-31-20/h5-8,11,27,30H,9-10,12-13H2,1-4H3. The highest BCUT2D eigenvalue weighted by molar-refractivity contribution is 6.37. The first-order valence-electron chi connectivity index (χ1n) is 10.6. The fourth-order valence-corrected chi connectivity index (χ4v) is 4.23. The smallest absolute Gasteiger partial charge is 0.310 e. The van der Waals surface area contributed by atoms with Crippen molar-refractivity contribution in [2.24, 2.45) is 0 Å². The van der Waals surface area contributed by atoms with E-state index in [1.54, 1.807) is 13.8 Å². The molecule has 0 unspecified atom stereocenters. The molecule has 4 rings (SSSR count). The maximum Gasteiger partial charge on any atom is 0.310 e. The molecule has 6 nitrogen and oxygen atoms in total. The third-order valence-electron chi connectivity index (χ3n) is 5.41. The van der Waals surface area contributed by atoms with Crippen molar-refractivity contribution in [3.63, 3.8) is 0 Å². The van der Waals surface area contributed by atoms with Crippen LogP contribution in [0.1, 0.15) is 30.7 Å². The number of nitrogens with one attached hydrogen (secondary N) is 1. The minimum atomic E-state index is -1.09. The summed E-state index contributed by atoms with van der Waals surface area (Å²) in [6.45, 7) is 8.28. The number of anilines is 1. The molecule has 168 valence electrons. The Morgan fingerprint density at radius 3 is 2.81 bits per heavy atom. The topological polar surface area (TPSA) is 80.7 Å². The van der Waals surface area contributed by atoms with Gasteiger partial charge in [0.05, 0.1) is 28.2 Å². The van der Waals surface area contributed by atoms with Crippen LogP contribution in [0.4, 0.5) is 5.69 Å². The summed E-state index contributed by atoms with van der Waals surface area (Å²) in [6.07, 6.45) is 0.0540. The number of carbonyl (C=O) groups is 1. The summed E-state index contributed by atoms with van der Waals surface area (Å²) in [6, 6.07) is 9.77. The highest BCUT2D eigenvalue weighted by Gasteiger charge is 2.24. The fourth-order valence-electron chi connectivity index (χ4n) is 3.91. The SMILES string of the molecule is Cc1ccc2c(-c3ccc4c(c3Cl)NCCO4)c(CC(=O)OCC(C)(C)O)c(C)cc2n1. The first kappa shape index (κ1) is 22.4. The van der Waals surface area contributed by atoms with Gasteiger partial charge in [-0.2, -0.15) is 0 Å². The molecule has 1 aromatic heterocycles. The number of aliphatic hydroxyl groups is 1. The summed E-state index contributed by atoms with van der Waals surface area (Å²) >= 11 is 6.86. The molecule has 0 bridgehead atoms. The van der Waals surface area contributed by atoms with Crippen LogP contribution in [0.5, 0.6) is 5.75 Å². The molecular weight excluding hydrogens is 428 g/mol. The third kappa shape index (κ3) is 4.52. The van der Waals surface area contributed by atoms with Crippen LogP contribution in [0.2, 0.25) is 5.02 Å². The number of hydrogen-bond donors (Lipinski definition) is 2. The second-order valence-electron chi connectivity index (χ2n) is 8.79. The Morgan fingerprint density at radius 2 is 2.06 bits per heavy atom. The molecular formula is C25H27ClN2O4. The van der Waals surface area contributed by atoms with Crippen molar-refractivity contribution in [2.45, 2.75) is 39.7 Å². The van der Waals surface area contributed by atoms with Crippen molar-refractivity contribution < 1.29 is 19.4 Å². The number of aromatic nitrogens is 1. The molecule has 0 amide bonds. The van der Waals surface area contributed by atoms with Gasteiger partial charge in [-0.25, -0.2) is 0 Å². The zero-order valence-electron chi connectivity index (χ0n) is 18.7. The lowest BCUT2D eigenvalue weighted by atomic mass is 9.89. The molecule has 7 heteroatoms. The van der Waals surface area contributed by atoms with E-state index in [0.717, 1.165) is 44.5 Å². The lowest BCUT2D eigenvalue weighted by Gasteiger charge is -2.23. The van der Waals surface area contributed by atoms with Gasteiger partial charge in [-0.15, -0.1) is 0 Å². The Balaban J connectivity index is 1.88. The molecule has 1 aliphatic heterocycles. The number of rotatable bonds is 5. The molecule has 0 aliphatic carbocycles. The monoisotopic (exact) mass is 454 g/mol. The van der Waals surface area contributed by atoms with Crippen LogP contribution < -0.4 is 10.1 Å². The Bertz CT molecular complexity index is 1200. The molecule has 2 N–H and O–H groups in total. The van der Waals surface area contributed by atoms with Crippen molar-refractivity contribution in [1.29, 1.82) is 0 Å². The van der Waals surface area contributed by atoms with E-state index in [9.17, 15) is 9.90 Å². The van der Waals surface area contributed by atoms with E-state index in [4.69, 9.17) is 26.1 Å². The summed E-state index contributed by atoms with van der Waals surface area (Å²) in [5, 5.41) is 14.7. The van der Waals surface area contributed by atoms with Crippen LogP contribution in [0, 0.1) is 13.8 Å². The lowest BCUT2D eigenvalue weighted by molar-refractivity contribution is -0.149. The number of carbonyl (C=O) groups excluding carboxylic acids is 1. The molecule has 0 atom stereocenters. The summed E-state index contributed by atoms with van der Waals surface area (Å²) in [4.78, 5) is 17.4. The van der Waals surface area contributed by atoms with Crippen molar-refractivity contribution in [3.05, 3.63) is 52.2 Å². The van der Waals surface area contributed by atoms with Crippen LogP contribution in [0.25, 0.3) is 22.0 Å². The van der Waals surface area contributed by atoms with Gasteiger partial charge in [0.15, 0.2) is 0 Å². The minimum absolute atomic E-state index is 0.0540. The molecule has 3 aromatic rings. The van der Waals surface area contributed by atoms with E-state index in [1.165, 1.54) is 0 Å². The number of benzene rings is 2. The molecule has 2 aromatic carbocycles. The second-order valence-corrected chi connectivity index (χ2v) is 9.17. The molecule has 1 aliphatic rings. The van der Waals surface area contributed by atoms with Gasteiger partial charge >= 0.3 is 5.97 Å². The van der Waals surface area contributed by atoms with Gasteiger partial charge < -0.3 is 19.9 Å². The van der Waals surface area contributed by atoms with Gasteiger partial charge in [0, 0.05) is 23.2 Å². The third-order valence-corrected chi connectivity index (χ3v) is 5.80. The Hall–Kier alpha value is -2.83. The quantitative estimate of drug-likeness (QED) is 0.537. The Kier molecular flexibility index (Phi) is 6.01. The average Bonchev–Trinajstić information content (AvgIpc) is 2.73. The molecule has 0 saturated heterocycles. The number of nitrogens with zero attached hydrogens (tertiary/aromatic N) is 1. The summed E-state index contributed by atoms with van der Waals surface area (Å²) < 4.78 is 11.1. The van der Waals surface area contributed by atoms with Crippen LogP contribution >= 0.6 is 11.6 Å². The van der Waals surface area contributed by atoms with Gasteiger partial charge in [-0.05, 0) is 68.7 Å². The molecule has 0 saturated carbocycles. The largest absolute Gasteiger partial charge is 0.490 e. The van der Waals surface area contributed by atoms with Gasteiger partial charge in [-0.1, -0.05) is 17.7 Å². The maximum absolute atomic E-state index is 12.7. The molecule has 0 fully saturated rings. The number of esters is 1. The van der Waals surface area contributed by atoms with E-state index in [2.05, 4.69) is 5.32 Å². The molecule has 2 heterocycles. The van der Waals surface area contributed by atoms with Crippen molar-refractivity contribution >= 4 is 34.2 Å². The van der Waals surface area contributed by atoms with Gasteiger partial charge in [0.2, 0.25) is 0 Å². The van der Waals surface area contributed by atoms with Gasteiger partial charge in [0.25, 0.3) is 0 Å². The number of pyridine rings is 1. The van der Waals surface area contributed by atoms with Crippen LogP contribution in [0.15, 0.2) is 30.3 Å².